The minimum Gasteiger partial charge on any atom is -0.494 e. The maximum absolute atomic E-state index is 13.6. The van der Waals surface area contributed by atoms with Gasteiger partial charge in [0.05, 0.1) is 88.6 Å². The molecule has 4 aromatic heterocycles. The van der Waals surface area contributed by atoms with Crippen LogP contribution in [-0.2, 0) is 50.1 Å². The largest absolute Gasteiger partial charge is 0.494 e. The molecule has 6 atom stereocenters. The van der Waals surface area contributed by atoms with Crippen LogP contribution in [0, 0.1) is 0 Å². The maximum Gasteiger partial charge on any atom is 0.169 e. The molecule has 26 heteroatoms. The van der Waals surface area contributed by atoms with E-state index in [1.54, 1.807) is 73.2 Å². The molecule has 0 radical (unpaired) electrons. The van der Waals surface area contributed by atoms with E-state index in [1.165, 1.54) is 53.2 Å². The van der Waals surface area contributed by atoms with E-state index >= 15 is 0 Å². The van der Waals surface area contributed by atoms with Gasteiger partial charge in [-0.25, -0.2) is 36.8 Å². The molecule has 6 heterocycles. The van der Waals surface area contributed by atoms with E-state index in [4.69, 9.17) is 61.1 Å². The second-order valence-corrected chi connectivity index (χ2v) is 22.2. The van der Waals surface area contributed by atoms with E-state index in [1.807, 2.05) is 0 Å². The number of hydrogen-bond donors (Lipinski definition) is 0. The Morgan fingerprint density at radius 3 is 1.18 bits per heavy atom. The predicted octanol–water partition coefficient (Wildman–Crippen LogP) is 5.85. The van der Waals surface area contributed by atoms with Gasteiger partial charge < -0.3 is 37.9 Å². The van der Waals surface area contributed by atoms with Crippen molar-refractivity contribution in [2.75, 3.05) is 68.1 Å². The lowest BCUT2D eigenvalue weighted by molar-refractivity contribution is -0.0942. The van der Waals surface area contributed by atoms with Crippen LogP contribution in [0.4, 0.5) is 0 Å². The SMILES string of the molecule is COc1cccc(OC)c1-n1c(CS(=O)(=O)[C@@H](C)[C@H](C)c2ncc(Cl)cn2)nnc1[C@@H]1COCCO1.COc1cccc(OC)c1-n1c(CS(=O)(=O)[C@@H](C)[C@H](C)c2ncc(Cl)cn2)nnc1[C@H]1COCCO1. The van der Waals surface area contributed by atoms with Gasteiger partial charge in [-0.1, -0.05) is 49.2 Å². The zero-order chi connectivity index (χ0) is 51.7. The molecule has 2 aliphatic rings. The number of rotatable bonds is 18. The molecule has 0 bridgehead atoms. The predicted molar refractivity (Wildman–Crippen MR) is 263 cm³/mol. The quantitative estimate of drug-likeness (QED) is 0.0978. The summed E-state index contributed by atoms with van der Waals surface area (Å²) < 4.78 is 103. The highest BCUT2D eigenvalue weighted by molar-refractivity contribution is 7.91. The molecule has 2 aliphatic heterocycles. The first-order valence-corrected chi connectivity index (χ1v) is 26.8. The summed E-state index contributed by atoms with van der Waals surface area (Å²) in [6.45, 7) is 8.97. The van der Waals surface area contributed by atoms with Gasteiger partial charge >= 0.3 is 0 Å². The van der Waals surface area contributed by atoms with Gasteiger partial charge in [-0.2, -0.15) is 0 Å². The summed E-state index contributed by atoms with van der Waals surface area (Å²) in [7, 11) is -1.41. The monoisotopic (exact) mass is 1070 g/mol. The second-order valence-electron chi connectivity index (χ2n) is 16.6. The molecular formula is C46H56Cl2N10O12S2. The zero-order valence-electron chi connectivity index (χ0n) is 40.8. The van der Waals surface area contributed by atoms with Crippen LogP contribution in [-0.4, -0.2) is 145 Å². The highest BCUT2D eigenvalue weighted by atomic mass is 35.5. The van der Waals surface area contributed by atoms with Gasteiger partial charge in [0.15, 0.2) is 43.0 Å². The highest BCUT2D eigenvalue weighted by Crippen LogP contribution is 2.39. The van der Waals surface area contributed by atoms with Gasteiger partial charge in [-0.15, -0.1) is 20.4 Å². The number of para-hydroxylation sites is 2. The van der Waals surface area contributed by atoms with Gasteiger partial charge in [-0.05, 0) is 38.1 Å². The third kappa shape index (κ3) is 12.1. The lowest BCUT2D eigenvalue weighted by Gasteiger charge is -2.25. The van der Waals surface area contributed by atoms with Gasteiger partial charge in [0.25, 0.3) is 0 Å². The topological polar surface area (TPSA) is 255 Å². The van der Waals surface area contributed by atoms with E-state index in [0.29, 0.717) is 94.1 Å². The maximum atomic E-state index is 13.6. The van der Waals surface area contributed by atoms with Crippen LogP contribution in [0.5, 0.6) is 23.0 Å². The lowest BCUT2D eigenvalue weighted by atomic mass is 10.1. The third-order valence-electron chi connectivity index (χ3n) is 12.3. The minimum atomic E-state index is -3.75. The molecule has 0 spiro atoms. The number of sulfone groups is 2. The summed E-state index contributed by atoms with van der Waals surface area (Å²) in [6, 6.07) is 10.6. The van der Waals surface area contributed by atoms with Gasteiger partial charge in [0.1, 0.15) is 69.7 Å². The molecule has 2 fully saturated rings. The smallest absolute Gasteiger partial charge is 0.169 e. The van der Waals surface area contributed by atoms with Crippen molar-refractivity contribution >= 4 is 42.9 Å². The molecular weight excluding hydrogens is 1020 g/mol. The van der Waals surface area contributed by atoms with Crippen LogP contribution in [0.15, 0.2) is 61.2 Å². The van der Waals surface area contributed by atoms with E-state index < -0.39 is 65.7 Å². The third-order valence-corrected chi connectivity index (χ3v) is 17.1. The van der Waals surface area contributed by atoms with Crippen LogP contribution in [0.3, 0.4) is 0 Å². The van der Waals surface area contributed by atoms with Gasteiger partial charge in [0.2, 0.25) is 0 Å². The molecule has 2 aromatic carbocycles. The van der Waals surface area contributed by atoms with Crippen LogP contribution in [0.2, 0.25) is 10.0 Å². The molecule has 6 aromatic rings. The van der Waals surface area contributed by atoms with E-state index in [9.17, 15) is 16.8 Å². The zero-order valence-corrected chi connectivity index (χ0v) is 44.0. The Hall–Kier alpha value is -5.60. The minimum absolute atomic E-state index is 0.193. The van der Waals surface area contributed by atoms with Crippen LogP contribution < -0.4 is 18.9 Å². The van der Waals surface area contributed by atoms with E-state index in [0.717, 1.165) is 0 Å². The summed E-state index contributed by atoms with van der Waals surface area (Å²) in [4.78, 5) is 16.8. The molecule has 8 rings (SSSR count). The fourth-order valence-electron chi connectivity index (χ4n) is 7.91. The summed E-state index contributed by atoms with van der Waals surface area (Å²) in [5.74, 6) is 2.02. The molecule has 22 nitrogen and oxygen atoms in total. The lowest BCUT2D eigenvalue weighted by Crippen LogP contribution is -2.28. The first-order chi connectivity index (χ1) is 34.5. The number of benzene rings is 2. The van der Waals surface area contributed by atoms with Gasteiger partial charge in [0, 0.05) is 36.6 Å². The van der Waals surface area contributed by atoms with Crippen molar-refractivity contribution in [1.29, 1.82) is 0 Å². The molecule has 2 saturated heterocycles. The van der Waals surface area contributed by atoms with Crippen molar-refractivity contribution in [2.24, 2.45) is 0 Å². The second kappa shape index (κ2) is 24.0. The molecule has 0 amide bonds. The van der Waals surface area contributed by atoms with Crippen LogP contribution >= 0.6 is 23.2 Å². The van der Waals surface area contributed by atoms with Crippen molar-refractivity contribution < 1.29 is 54.7 Å². The Morgan fingerprint density at radius 1 is 0.556 bits per heavy atom. The van der Waals surface area contributed by atoms with Crippen molar-refractivity contribution in [3.63, 3.8) is 0 Å². The summed E-state index contributed by atoms with van der Waals surface area (Å²) in [5, 5.41) is 16.3. The summed E-state index contributed by atoms with van der Waals surface area (Å²) in [6.07, 6.45) is 4.70. The standard InChI is InChI=1S/2C23H28ClN5O6S/c2*1-14(22-25-10-16(24)11-26-22)15(2)36(30,31)13-20-27-28-23(19-12-34-8-9-35-19)29(20)21-17(32-3)6-5-7-18(21)33-4/h2*5-7,10-11,14-15,19H,8-9,12-13H2,1-4H3/t14-,15-,19+;14-,15-,19-/m00/s1. The fourth-order valence-corrected chi connectivity index (χ4v) is 11.2. The number of aromatic nitrogens is 10. The fraction of sp³-hybridized carbons (Fsp3) is 0.478. The summed E-state index contributed by atoms with van der Waals surface area (Å²) in [5.41, 5.74) is 0.951. The summed E-state index contributed by atoms with van der Waals surface area (Å²) >= 11 is 11.8. The number of ether oxygens (including phenoxy) is 8. The Kier molecular flexibility index (Phi) is 18.0. The number of methoxy groups -OCH3 is 4. The molecule has 0 saturated carbocycles. The van der Waals surface area contributed by atoms with Crippen LogP contribution in [0.1, 0.15) is 86.7 Å². The van der Waals surface area contributed by atoms with Crippen molar-refractivity contribution in [1.82, 2.24) is 49.5 Å². The Labute approximate surface area is 427 Å². The van der Waals surface area contributed by atoms with E-state index in [2.05, 4.69) is 40.3 Å². The molecule has 0 unspecified atom stereocenters. The number of hydrogen-bond acceptors (Lipinski definition) is 20. The number of halogens is 2. The molecule has 0 N–H and O–H groups in total. The number of nitrogens with zero attached hydrogens (tertiary/aromatic N) is 10. The Morgan fingerprint density at radius 2 is 0.889 bits per heavy atom. The van der Waals surface area contributed by atoms with E-state index in [-0.39, 0.29) is 24.9 Å². The van der Waals surface area contributed by atoms with Gasteiger partial charge in [-0.3, -0.25) is 9.13 Å². The first-order valence-electron chi connectivity index (χ1n) is 22.6. The molecule has 0 aliphatic carbocycles. The van der Waals surface area contributed by atoms with Crippen molar-refractivity contribution in [3.8, 4) is 34.4 Å². The molecule has 388 valence electrons. The molecule has 72 heavy (non-hydrogen) atoms. The normalized spacial score (nSPS) is 18.0. The van der Waals surface area contributed by atoms with Crippen molar-refractivity contribution in [3.05, 3.63) is 106 Å². The Bertz CT molecular complexity index is 2750. The first kappa shape index (κ1) is 54.2. The average Bonchev–Trinajstić information content (AvgIpc) is 4.01. The highest BCUT2D eigenvalue weighted by Gasteiger charge is 2.37. The Balaban J connectivity index is 0.000000211. The van der Waals surface area contributed by atoms with Crippen LogP contribution in [0.25, 0.3) is 11.4 Å². The van der Waals surface area contributed by atoms with Crippen molar-refractivity contribution in [2.45, 2.75) is 73.7 Å². The average molecular weight is 1080 g/mol.